The van der Waals surface area contributed by atoms with Crippen LogP contribution in [-0.2, 0) is 5.04 Å². The predicted octanol–water partition coefficient (Wildman–Crippen LogP) is 4.22. The van der Waals surface area contributed by atoms with Crippen LogP contribution >= 0.6 is 0 Å². The van der Waals surface area contributed by atoms with E-state index in [4.69, 9.17) is 0 Å². The molecule has 0 nitrogen and oxygen atoms in total. The van der Waals surface area contributed by atoms with Gasteiger partial charge in [-0.1, -0.05) is 103 Å². The first kappa shape index (κ1) is 18.3. The van der Waals surface area contributed by atoms with Crippen LogP contribution in [0, 0.1) is 0 Å². The normalized spacial score (nSPS) is 21.3. The van der Waals surface area contributed by atoms with Gasteiger partial charge in [-0.05, 0) is 27.8 Å². The summed E-state index contributed by atoms with van der Waals surface area (Å²) in [5, 5.41) is 0.105. The van der Waals surface area contributed by atoms with Gasteiger partial charge in [-0.15, -0.1) is 0 Å². The maximum absolute atomic E-state index is 2.44. The molecule has 0 heterocycles. The summed E-state index contributed by atoms with van der Waals surface area (Å²) < 4.78 is 0. The van der Waals surface area contributed by atoms with E-state index >= 15 is 0 Å². The molecule has 2 unspecified atom stereocenters. The summed E-state index contributed by atoms with van der Waals surface area (Å²) in [6.07, 6.45) is 9.53. The monoisotopic (exact) mass is 358 g/mol. The van der Waals surface area contributed by atoms with Gasteiger partial charge < -0.3 is 0 Å². The molecular formula is C25H23LiSi. The van der Waals surface area contributed by atoms with E-state index in [0.29, 0.717) is 11.8 Å². The van der Waals surface area contributed by atoms with E-state index < -0.39 is 0 Å². The number of rotatable bonds is 3. The van der Waals surface area contributed by atoms with Crippen LogP contribution in [0.3, 0.4) is 0 Å². The smallest absolute Gasteiger partial charge is 0.0186 e. The minimum atomic E-state index is 0. The molecular weight excluding hydrogens is 335 g/mol. The molecule has 0 fully saturated rings. The molecule has 0 N–H and O–H groups in total. The Hall–Kier alpha value is -2.05. The van der Waals surface area contributed by atoms with E-state index in [9.17, 15) is 0 Å². The largest absolute Gasteiger partial charge is 0.0758 e. The third-order valence-electron chi connectivity index (χ3n) is 6.29. The third kappa shape index (κ3) is 2.82. The number of allylic oxidation sites excluding steroid dienone is 2. The minimum Gasteiger partial charge on any atom is -0.0758 e. The van der Waals surface area contributed by atoms with Gasteiger partial charge in [0.05, 0.1) is 0 Å². The molecule has 3 aromatic rings. The summed E-state index contributed by atoms with van der Waals surface area (Å²) in [7, 11) is 1.08. The van der Waals surface area contributed by atoms with Crippen molar-refractivity contribution in [3.63, 3.8) is 0 Å². The predicted molar refractivity (Wildman–Crippen MR) is 122 cm³/mol. The molecule has 0 saturated heterocycles. The van der Waals surface area contributed by atoms with Crippen molar-refractivity contribution in [2.75, 3.05) is 0 Å². The fourth-order valence-corrected chi connectivity index (χ4v) is 6.23. The molecule has 0 aliphatic heterocycles. The maximum Gasteiger partial charge on any atom is 0.0186 e. The van der Waals surface area contributed by atoms with Gasteiger partial charge in [0.1, 0.15) is 0 Å². The Kier molecular flexibility index (Phi) is 4.87. The van der Waals surface area contributed by atoms with Crippen molar-refractivity contribution >= 4 is 41.3 Å². The summed E-state index contributed by atoms with van der Waals surface area (Å²) in [6, 6.07) is 29.0. The van der Waals surface area contributed by atoms with Crippen LogP contribution in [0.1, 0.15) is 39.7 Å². The molecule has 0 spiro atoms. The molecule has 128 valence electrons. The van der Waals surface area contributed by atoms with Gasteiger partial charge in [0.2, 0.25) is 0 Å². The molecule has 2 atom stereocenters. The molecule has 27 heavy (non-hydrogen) atoms. The summed E-state index contributed by atoms with van der Waals surface area (Å²) in [4.78, 5) is 0. The first-order valence-electron chi connectivity index (χ1n) is 9.38. The summed E-state index contributed by atoms with van der Waals surface area (Å²) >= 11 is 0. The Morgan fingerprint density at radius 1 is 0.593 bits per heavy atom. The van der Waals surface area contributed by atoms with E-state index in [2.05, 4.69) is 103 Å². The molecule has 0 amide bonds. The minimum absolute atomic E-state index is 0. The molecule has 0 bridgehead atoms. The Labute approximate surface area is 176 Å². The van der Waals surface area contributed by atoms with Crippen LogP contribution in [0.25, 0.3) is 12.2 Å². The van der Waals surface area contributed by atoms with Crippen LogP contribution in [0.15, 0.2) is 91.0 Å². The van der Waals surface area contributed by atoms with Gasteiger partial charge >= 0.3 is 18.9 Å². The Bertz CT molecular complexity index is 958. The molecule has 5 rings (SSSR count). The van der Waals surface area contributed by atoms with Crippen molar-refractivity contribution < 1.29 is 0 Å². The summed E-state index contributed by atoms with van der Waals surface area (Å²) in [5.41, 5.74) is 7.17. The first-order chi connectivity index (χ1) is 12.8. The maximum atomic E-state index is 2.44. The van der Waals surface area contributed by atoms with Crippen molar-refractivity contribution in [2.45, 2.75) is 16.9 Å². The van der Waals surface area contributed by atoms with Crippen molar-refractivity contribution in [1.82, 2.24) is 0 Å². The molecule has 0 aromatic heterocycles. The van der Waals surface area contributed by atoms with Gasteiger partial charge in [-0.3, -0.25) is 0 Å². The fourth-order valence-electron chi connectivity index (χ4n) is 4.89. The molecule has 2 aliphatic carbocycles. The van der Waals surface area contributed by atoms with Crippen LogP contribution < -0.4 is 0 Å². The Morgan fingerprint density at radius 2 is 1.04 bits per heavy atom. The van der Waals surface area contributed by atoms with E-state index in [1.807, 2.05) is 0 Å². The molecule has 0 saturated carbocycles. The van der Waals surface area contributed by atoms with Gasteiger partial charge in [-0.25, -0.2) is 0 Å². The molecule has 0 radical (unpaired) electrons. The SMILES string of the molecule is [LiH].[SiH3]C(c1ccccc1)(C1C=Cc2ccccc21)C1C=Cc2ccccc21. The van der Waals surface area contributed by atoms with Gasteiger partial charge in [0.15, 0.2) is 0 Å². The standard InChI is InChI=1S/C25H22Si.Li.H/c26-25(20-10-2-1-3-11-20,23-16-14-18-8-4-6-12-21(18)23)24-17-15-19-9-5-7-13-22(19)24;;/h1-17,23-24H,26H3;;. The average Bonchev–Trinajstić information content (AvgIpc) is 3.33. The zero-order chi connectivity index (χ0) is 17.6. The van der Waals surface area contributed by atoms with E-state index in [1.54, 1.807) is 0 Å². The van der Waals surface area contributed by atoms with Crippen LogP contribution in [0.4, 0.5) is 0 Å². The first-order valence-corrected chi connectivity index (χ1v) is 10.4. The number of benzene rings is 3. The molecule has 2 aliphatic rings. The molecule has 3 aromatic carbocycles. The second-order valence-corrected chi connectivity index (χ2v) is 9.23. The fraction of sp³-hybridized carbons (Fsp3) is 0.120. The van der Waals surface area contributed by atoms with E-state index in [-0.39, 0.29) is 23.9 Å². The van der Waals surface area contributed by atoms with Crippen molar-refractivity contribution in [3.05, 3.63) is 119 Å². The number of hydrogen-bond donors (Lipinski definition) is 0. The average molecular weight is 358 g/mol. The van der Waals surface area contributed by atoms with Gasteiger partial charge in [0.25, 0.3) is 0 Å². The van der Waals surface area contributed by atoms with Crippen LogP contribution in [-0.4, -0.2) is 29.1 Å². The number of hydrogen-bond acceptors (Lipinski definition) is 0. The van der Waals surface area contributed by atoms with Crippen LogP contribution in [0.2, 0.25) is 0 Å². The topological polar surface area (TPSA) is 0 Å². The quantitative estimate of drug-likeness (QED) is 0.615. The zero-order valence-corrected chi connectivity index (χ0v) is 17.0. The number of fused-ring (bicyclic) bond motifs is 2. The van der Waals surface area contributed by atoms with Crippen molar-refractivity contribution in [3.8, 4) is 0 Å². The zero-order valence-electron chi connectivity index (χ0n) is 15.0. The second kappa shape index (κ2) is 7.17. The van der Waals surface area contributed by atoms with Gasteiger partial charge in [-0.2, -0.15) is 0 Å². The van der Waals surface area contributed by atoms with Crippen molar-refractivity contribution in [2.24, 2.45) is 0 Å². The van der Waals surface area contributed by atoms with Crippen molar-refractivity contribution in [1.29, 1.82) is 0 Å². The summed E-state index contributed by atoms with van der Waals surface area (Å²) in [5.74, 6) is 0.849. The van der Waals surface area contributed by atoms with E-state index in [1.165, 1.54) is 27.8 Å². The van der Waals surface area contributed by atoms with E-state index in [0.717, 1.165) is 10.2 Å². The Morgan fingerprint density at radius 3 is 1.56 bits per heavy atom. The third-order valence-corrected chi connectivity index (χ3v) is 8.11. The van der Waals surface area contributed by atoms with Crippen LogP contribution in [0.5, 0.6) is 0 Å². The second-order valence-electron chi connectivity index (χ2n) is 7.58. The Balaban J connectivity index is 0.00000180. The summed E-state index contributed by atoms with van der Waals surface area (Å²) in [6.45, 7) is 0. The molecule has 2 heteroatoms. The van der Waals surface area contributed by atoms with Gasteiger partial charge in [0, 0.05) is 27.1 Å².